The van der Waals surface area contributed by atoms with Crippen LogP contribution in [0.25, 0.3) is 6.08 Å². The van der Waals surface area contributed by atoms with Crippen LogP contribution in [0, 0.1) is 11.3 Å². The molecule has 5 aromatic rings. The highest BCUT2D eigenvalue weighted by atomic mass is 35.5. The lowest BCUT2D eigenvalue weighted by molar-refractivity contribution is -0.114. The second kappa shape index (κ2) is 15.8. The molecule has 10 heteroatoms. The largest absolute Gasteiger partial charge is 0.321 e. The van der Waals surface area contributed by atoms with Gasteiger partial charge in [-0.15, -0.1) is 23.1 Å². The number of benzene rings is 4. The summed E-state index contributed by atoms with van der Waals surface area (Å²) in [6.07, 6.45) is 4.16. The van der Waals surface area contributed by atoms with E-state index in [0.29, 0.717) is 38.3 Å². The quantitative estimate of drug-likeness (QED) is 0.0996. The van der Waals surface area contributed by atoms with Crippen molar-refractivity contribution in [2.24, 2.45) is 0 Å². The number of thiophene rings is 1. The Hall–Kier alpha value is -5.14. The van der Waals surface area contributed by atoms with Gasteiger partial charge in [-0.3, -0.25) is 14.4 Å². The van der Waals surface area contributed by atoms with Crippen LogP contribution in [0.4, 0.5) is 10.7 Å². The molecule has 49 heavy (non-hydrogen) atoms. The number of rotatable bonds is 10. The first kappa shape index (κ1) is 33.7. The Labute approximate surface area is 298 Å². The molecule has 0 aliphatic heterocycles. The summed E-state index contributed by atoms with van der Waals surface area (Å²) in [7, 11) is 0. The number of thioether (sulfide) groups is 1. The van der Waals surface area contributed by atoms with E-state index in [1.807, 2.05) is 12.1 Å². The molecule has 6 rings (SSSR count). The van der Waals surface area contributed by atoms with Crippen molar-refractivity contribution in [2.75, 3.05) is 16.4 Å². The third-order valence-electron chi connectivity index (χ3n) is 8.10. The van der Waals surface area contributed by atoms with Crippen LogP contribution < -0.4 is 16.0 Å². The lowest BCUT2D eigenvalue weighted by Crippen LogP contribution is -2.30. The minimum atomic E-state index is -0.538. The van der Waals surface area contributed by atoms with Crippen LogP contribution in [0.5, 0.6) is 0 Å². The molecule has 0 spiro atoms. The average molecular weight is 703 g/mol. The number of amides is 3. The zero-order chi connectivity index (χ0) is 34.2. The zero-order valence-electron chi connectivity index (χ0n) is 26.2. The van der Waals surface area contributed by atoms with E-state index in [2.05, 4.69) is 46.3 Å². The number of hydrogen-bond acceptors (Lipinski definition) is 6. The first-order valence-electron chi connectivity index (χ1n) is 15.6. The molecule has 4 aromatic carbocycles. The number of halogens is 1. The van der Waals surface area contributed by atoms with Gasteiger partial charge in [-0.05, 0) is 84.3 Å². The molecule has 1 unspecified atom stereocenters. The maximum Gasteiger partial charge on any atom is 0.272 e. The van der Waals surface area contributed by atoms with Crippen LogP contribution >= 0.6 is 34.7 Å². The first-order chi connectivity index (χ1) is 23.9. The number of fused-ring (bicyclic) bond motifs is 1. The predicted octanol–water partition coefficient (Wildman–Crippen LogP) is 8.69. The molecule has 1 aliphatic rings. The van der Waals surface area contributed by atoms with E-state index in [4.69, 9.17) is 11.6 Å². The van der Waals surface area contributed by atoms with Gasteiger partial charge < -0.3 is 16.0 Å². The number of anilines is 2. The Morgan fingerprint density at radius 1 is 0.918 bits per heavy atom. The fourth-order valence-electron chi connectivity index (χ4n) is 5.67. The van der Waals surface area contributed by atoms with Crippen LogP contribution in [0.3, 0.4) is 0 Å². The molecule has 0 radical (unpaired) electrons. The first-order valence-corrected chi connectivity index (χ1v) is 17.8. The molecule has 1 aromatic heterocycles. The monoisotopic (exact) mass is 702 g/mol. The minimum absolute atomic E-state index is 0.0152. The molecule has 1 aliphatic carbocycles. The molecule has 1 heterocycles. The predicted molar refractivity (Wildman–Crippen MR) is 198 cm³/mol. The Kier molecular flexibility index (Phi) is 10.9. The summed E-state index contributed by atoms with van der Waals surface area (Å²) in [6, 6.07) is 35.5. The van der Waals surface area contributed by atoms with Crippen molar-refractivity contribution in [3.63, 3.8) is 0 Å². The molecular formula is C39H31ClN4O3S2. The molecule has 3 N–H and O–H groups in total. The molecule has 1 atom stereocenters. The summed E-state index contributed by atoms with van der Waals surface area (Å²) in [5, 5.41) is 19.5. The number of carbonyl (C=O) groups is 3. The van der Waals surface area contributed by atoms with Crippen molar-refractivity contribution < 1.29 is 14.4 Å². The summed E-state index contributed by atoms with van der Waals surface area (Å²) in [5.74, 6) is -0.686. The van der Waals surface area contributed by atoms with Gasteiger partial charge in [0.25, 0.3) is 11.8 Å². The van der Waals surface area contributed by atoms with Gasteiger partial charge in [0, 0.05) is 26.0 Å². The lowest BCUT2D eigenvalue weighted by atomic mass is 9.83. The topological polar surface area (TPSA) is 111 Å². The molecule has 0 fully saturated rings. The van der Waals surface area contributed by atoms with Crippen molar-refractivity contribution >= 4 is 69.2 Å². The van der Waals surface area contributed by atoms with Crippen molar-refractivity contribution in [1.29, 1.82) is 5.26 Å². The van der Waals surface area contributed by atoms with Gasteiger partial charge in [0.2, 0.25) is 5.91 Å². The van der Waals surface area contributed by atoms with Crippen LogP contribution in [-0.2, 0) is 22.4 Å². The molecule has 244 valence electrons. The number of nitrogens with zero attached hydrogens (tertiary/aromatic N) is 1. The van der Waals surface area contributed by atoms with Crippen LogP contribution in [-0.4, -0.2) is 23.5 Å². The third-order valence-corrected chi connectivity index (χ3v) is 10.6. The number of nitrogens with one attached hydrogen (secondary N) is 3. The molecular weight excluding hydrogens is 672 g/mol. The van der Waals surface area contributed by atoms with Crippen LogP contribution in [0.15, 0.2) is 120 Å². The van der Waals surface area contributed by atoms with E-state index in [9.17, 15) is 19.6 Å². The number of carbonyl (C=O) groups excluding carboxylic acids is 3. The molecule has 3 amide bonds. The maximum absolute atomic E-state index is 13.5. The summed E-state index contributed by atoms with van der Waals surface area (Å²) < 4.78 is 0. The molecule has 7 nitrogen and oxygen atoms in total. The zero-order valence-corrected chi connectivity index (χ0v) is 28.6. The van der Waals surface area contributed by atoms with E-state index in [-0.39, 0.29) is 17.4 Å². The van der Waals surface area contributed by atoms with E-state index < -0.39 is 11.8 Å². The van der Waals surface area contributed by atoms with E-state index >= 15 is 0 Å². The molecule has 0 saturated heterocycles. The van der Waals surface area contributed by atoms with E-state index in [1.54, 1.807) is 72.8 Å². The third kappa shape index (κ3) is 8.48. The van der Waals surface area contributed by atoms with Crippen LogP contribution in [0.1, 0.15) is 49.8 Å². The van der Waals surface area contributed by atoms with Gasteiger partial charge in [0.05, 0.1) is 11.3 Å². The number of hydrogen-bond donors (Lipinski definition) is 3. The van der Waals surface area contributed by atoms with Crippen molar-refractivity contribution in [3.8, 4) is 6.07 Å². The van der Waals surface area contributed by atoms with Gasteiger partial charge in [-0.25, -0.2) is 0 Å². The van der Waals surface area contributed by atoms with E-state index in [1.165, 1.54) is 34.7 Å². The number of nitriles is 1. The highest BCUT2D eigenvalue weighted by Gasteiger charge is 2.27. The smallest absolute Gasteiger partial charge is 0.272 e. The fourth-order valence-corrected chi connectivity index (χ4v) is 7.91. The molecule has 0 bridgehead atoms. The van der Waals surface area contributed by atoms with Gasteiger partial charge in [0.1, 0.15) is 16.8 Å². The Morgan fingerprint density at radius 3 is 2.41 bits per heavy atom. The molecule has 0 saturated carbocycles. The van der Waals surface area contributed by atoms with Crippen molar-refractivity contribution in [3.05, 3.63) is 153 Å². The lowest BCUT2D eigenvalue weighted by Gasteiger charge is -2.22. The highest BCUT2D eigenvalue weighted by Crippen LogP contribution is 2.42. The van der Waals surface area contributed by atoms with Crippen LogP contribution in [0.2, 0.25) is 5.02 Å². The van der Waals surface area contributed by atoms with Crippen molar-refractivity contribution in [1.82, 2.24) is 5.32 Å². The van der Waals surface area contributed by atoms with Gasteiger partial charge in [-0.2, -0.15) is 5.26 Å². The van der Waals surface area contributed by atoms with Crippen molar-refractivity contribution in [2.45, 2.75) is 30.1 Å². The summed E-state index contributed by atoms with van der Waals surface area (Å²) in [5.41, 5.74) is 4.38. The second-order valence-electron chi connectivity index (χ2n) is 11.4. The Bertz CT molecular complexity index is 2070. The summed E-state index contributed by atoms with van der Waals surface area (Å²) in [6.45, 7) is 0. The van der Waals surface area contributed by atoms with Gasteiger partial charge >= 0.3 is 0 Å². The Balaban J connectivity index is 1.10. The van der Waals surface area contributed by atoms with Gasteiger partial charge in [0.15, 0.2) is 0 Å². The fraction of sp³-hybridized carbons (Fsp3) is 0.128. The SMILES string of the molecule is N#Cc1c(NC(=O)CSc2cccc(NC(=O)/C(=C\c3ccccc3Cl)NC(=O)c3ccccc3)c2)sc2c1CCC(c1ccccc1)C2. The van der Waals surface area contributed by atoms with Gasteiger partial charge in [-0.1, -0.05) is 84.4 Å². The van der Waals surface area contributed by atoms with E-state index in [0.717, 1.165) is 34.6 Å². The second-order valence-corrected chi connectivity index (χ2v) is 13.9. The summed E-state index contributed by atoms with van der Waals surface area (Å²) in [4.78, 5) is 41.4. The highest BCUT2D eigenvalue weighted by molar-refractivity contribution is 8.00. The normalized spacial score (nSPS) is 13.9. The maximum atomic E-state index is 13.5. The Morgan fingerprint density at radius 2 is 1.65 bits per heavy atom. The standard InChI is InChI=1S/C39H31ClN4O3S2/c40-33-17-8-7-14-28(33)20-34(43-37(46)26-12-5-2-6-13-26)38(47)42-29-15-9-16-30(22-29)48-24-36(45)44-39-32(23-41)31-19-18-27(21-35(31)49-39)25-10-3-1-4-11-25/h1-17,20,22,27H,18-19,21,24H2,(H,42,47)(H,43,46)(H,44,45)/b34-20+. The minimum Gasteiger partial charge on any atom is -0.321 e. The average Bonchev–Trinajstić information content (AvgIpc) is 3.48. The summed E-state index contributed by atoms with van der Waals surface area (Å²) >= 11 is 9.16.